The summed E-state index contributed by atoms with van der Waals surface area (Å²) in [6.45, 7) is 0. The number of benzene rings is 3. The predicted molar refractivity (Wildman–Crippen MR) is 122 cm³/mol. The average molecular weight is 460 g/mol. The molecule has 0 bridgehead atoms. The van der Waals surface area contributed by atoms with Gasteiger partial charge in [0.05, 0.1) is 16.3 Å². The monoisotopic (exact) mass is 458 g/mol. The summed E-state index contributed by atoms with van der Waals surface area (Å²) in [5.74, 6) is -0.293. The van der Waals surface area contributed by atoms with Gasteiger partial charge in [-0.3, -0.25) is 4.79 Å². The van der Waals surface area contributed by atoms with Gasteiger partial charge in [-0.1, -0.05) is 59.1 Å². The molecule has 1 heterocycles. The zero-order valence-corrected chi connectivity index (χ0v) is 17.9. The van der Waals surface area contributed by atoms with E-state index in [2.05, 4.69) is 5.32 Å². The van der Waals surface area contributed by atoms with Crippen LogP contribution in [0.5, 0.6) is 0 Å². The molecule has 3 nitrogen and oxygen atoms in total. The fraction of sp³-hybridized carbons (Fsp3) is 0. The van der Waals surface area contributed by atoms with Gasteiger partial charge in [0.25, 0.3) is 5.91 Å². The minimum atomic E-state index is -0.293. The van der Waals surface area contributed by atoms with Crippen LogP contribution in [0.2, 0.25) is 15.1 Å². The van der Waals surface area contributed by atoms with Crippen LogP contribution in [0.3, 0.4) is 0 Å². The number of amides is 1. The van der Waals surface area contributed by atoms with Gasteiger partial charge in [-0.15, -0.1) is 11.3 Å². The van der Waals surface area contributed by atoms with Gasteiger partial charge < -0.3 is 5.32 Å². The Morgan fingerprint density at radius 2 is 1.48 bits per heavy atom. The molecule has 0 saturated heterocycles. The molecule has 0 saturated carbocycles. The molecule has 0 unspecified atom stereocenters. The number of carbonyl (C=O) groups excluding carboxylic acids is 1. The van der Waals surface area contributed by atoms with Crippen LogP contribution < -0.4 is 5.32 Å². The van der Waals surface area contributed by atoms with Gasteiger partial charge in [0.2, 0.25) is 0 Å². The van der Waals surface area contributed by atoms with Gasteiger partial charge in [0, 0.05) is 32.2 Å². The molecule has 0 spiro atoms. The number of halogens is 3. The molecule has 144 valence electrons. The zero-order chi connectivity index (χ0) is 20.4. The van der Waals surface area contributed by atoms with Crippen molar-refractivity contribution in [2.45, 2.75) is 0 Å². The quantitative estimate of drug-likeness (QED) is 0.340. The van der Waals surface area contributed by atoms with Crippen molar-refractivity contribution in [2.75, 3.05) is 5.32 Å². The van der Waals surface area contributed by atoms with Gasteiger partial charge in [0.15, 0.2) is 0 Å². The smallest absolute Gasteiger partial charge is 0.257 e. The fourth-order valence-corrected chi connectivity index (χ4v) is 4.18. The maximum absolute atomic E-state index is 12.4. The molecule has 0 radical (unpaired) electrons. The Morgan fingerprint density at radius 1 is 0.828 bits per heavy atom. The second kappa shape index (κ2) is 8.56. The molecule has 1 amide bonds. The minimum absolute atomic E-state index is 0.293. The van der Waals surface area contributed by atoms with E-state index < -0.39 is 0 Å². The first-order valence-electron chi connectivity index (χ1n) is 8.58. The summed E-state index contributed by atoms with van der Waals surface area (Å²) in [7, 11) is 0. The number of carbonyl (C=O) groups is 1. The number of nitrogens with zero attached hydrogens (tertiary/aromatic N) is 1. The van der Waals surface area contributed by atoms with Crippen LogP contribution in [0.25, 0.3) is 21.8 Å². The van der Waals surface area contributed by atoms with Crippen molar-refractivity contribution in [3.05, 3.63) is 92.7 Å². The van der Waals surface area contributed by atoms with E-state index in [1.807, 2.05) is 53.9 Å². The van der Waals surface area contributed by atoms with E-state index in [0.717, 1.165) is 21.8 Å². The summed E-state index contributed by atoms with van der Waals surface area (Å²) in [6, 6.07) is 19.9. The van der Waals surface area contributed by atoms with Crippen LogP contribution in [-0.4, -0.2) is 10.9 Å². The van der Waals surface area contributed by atoms with Crippen molar-refractivity contribution in [1.82, 2.24) is 4.98 Å². The van der Waals surface area contributed by atoms with E-state index in [9.17, 15) is 4.79 Å². The highest BCUT2D eigenvalue weighted by atomic mass is 35.5. The molecular formula is C22H13Cl3N2OS. The zero-order valence-electron chi connectivity index (χ0n) is 14.8. The molecule has 4 rings (SSSR count). The standard InChI is InChI=1S/C22H13Cl3N2OS/c23-15-5-1-14(2-6-15)22-27-20(12-29-22)13-3-8-17(9-4-13)26-21(28)18-10-7-16(24)11-19(18)25/h1-12H,(H,26,28). The van der Waals surface area contributed by atoms with Crippen molar-refractivity contribution in [3.8, 4) is 21.8 Å². The Labute approximate surface area is 186 Å². The molecule has 3 aromatic carbocycles. The third-order valence-electron chi connectivity index (χ3n) is 4.21. The molecule has 0 aliphatic rings. The normalized spacial score (nSPS) is 10.7. The summed E-state index contributed by atoms with van der Waals surface area (Å²) in [5, 5.41) is 7.25. The average Bonchev–Trinajstić information content (AvgIpc) is 3.19. The lowest BCUT2D eigenvalue weighted by Gasteiger charge is -2.07. The summed E-state index contributed by atoms with van der Waals surface area (Å²) >= 11 is 19.5. The Bertz CT molecular complexity index is 1170. The molecule has 1 aromatic heterocycles. The molecule has 0 aliphatic heterocycles. The maximum Gasteiger partial charge on any atom is 0.257 e. The highest BCUT2D eigenvalue weighted by molar-refractivity contribution is 7.13. The van der Waals surface area contributed by atoms with E-state index in [1.54, 1.807) is 29.5 Å². The van der Waals surface area contributed by atoms with Crippen LogP contribution in [0.1, 0.15) is 10.4 Å². The Kier molecular flexibility index (Phi) is 5.88. The van der Waals surface area contributed by atoms with Crippen molar-refractivity contribution in [2.24, 2.45) is 0 Å². The number of thiazole rings is 1. The molecule has 0 aliphatic carbocycles. The van der Waals surface area contributed by atoms with Crippen LogP contribution in [0.15, 0.2) is 72.1 Å². The predicted octanol–water partition coefficient (Wildman–Crippen LogP) is 7.69. The molecule has 0 atom stereocenters. The molecular weight excluding hydrogens is 447 g/mol. The van der Waals surface area contributed by atoms with Crippen molar-refractivity contribution < 1.29 is 4.79 Å². The highest BCUT2D eigenvalue weighted by Crippen LogP contribution is 2.30. The lowest BCUT2D eigenvalue weighted by atomic mass is 10.1. The summed E-state index contributed by atoms with van der Waals surface area (Å²) < 4.78 is 0. The number of nitrogens with one attached hydrogen (secondary N) is 1. The van der Waals surface area contributed by atoms with Crippen LogP contribution in [0, 0.1) is 0 Å². The van der Waals surface area contributed by atoms with E-state index in [4.69, 9.17) is 39.8 Å². The second-order valence-corrected chi connectivity index (χ2v) is 8.34. The van der Waals surface area contributed by atoms with Crippen molar-refractivity contribution >= 4 is 57.7 Å². The molecule has 29 heavy (non-hydrogen) atoms. The van der Waals surface area contributed by atoms with E-state index in [1.165, 1.54) is 0 Å². The molecule has 4 aromatic rings. The first kappa shape index (κ1) is 19.9. The lowest BCUT2D eigenvalue weighted by Crippen LogP contribution is -2.12. The number of aromatic nitrogens is 1. The number of rotatable bonds is 4. The van der Waals surface area contributed by atoms with Crippen LogP contribution in [-0.2, 0) is 0 Å². The van der Waals surface area contributed by atoms with E-state index in [-0.39, 0.29) is 5.91 Å². The van der Waals surface area contributed by atoms with E-state index in [0.29, 0.717) is 26.3 Å². The molecule has 0 fully saturated rings. The number of hydrogen-bond donors (Lipinski definition) is 1. The number of hydrogen-bond acceptors (Lipinski definition) is 3. The summed E-state index contributed by atoms with van der Waals surface area (Å²) in [4.78, 5) is 17.1. The van der Waals surface area contributed by atoms with Gasteiger partial charge in [0.1, 0.15) is 5.01 Å². The van der Waals surface area contributed by atoms with Gasteiger partial charge >= 0.3 is 0 Å². The largest absolute Gasteiger partial charge is 0.322 e. The Morgan fingerprint density at radius 3 is 2.17 bits per heavy atom. The van der Waals surface area contributed by atoms with Crippen molar-refractivity contribution in [3.63, 3.8) is 0 Å². The molecule has 7 heteroatoms. The van der Waals surface area contributed by atoms with Gasteiger partial charge in [-0.2, -0.15) is 0 Å². The van der Waals surface area contributed by atoms with Crippen LogP contribution in [0.4, 0.5) is 5.69 Å². The first-order valence-corrected chi connectivity index (χ1v) is 10.6. The highest BCUT2D eigenvalue weighted by Gasteiger charge is 2.12. The fourth-order valence-electron chi connectivity index (χ4n) is 2.73. The lowest BCUT2D eigenvalue weighted by molar-refractivity contribution is 0.102. The van der Waals surface area contributed by atoms with Gasteiger partial charge in [-0.25, -0.2) is 4.98 Å². The maximum atomic E-state index is 12.4. The van der Waals surface area contributed by atoms with Crippen molar-refractivity contribution in [1.29, 1.82) is 0 Å². The number of anilines is 1. The van der Waals surface area contributed by atoms with Crippen LogP contribution >= 0.6 is 46.1 Å². The summed E-state index contributed by atoms with van der Waals surface area (Å²) in [6.07, 6.45) is 0. The third kappa shape index (κ3) is 4.62. The minimum Gasteiger partial charge on any atom is -0.322 e. The Balaban J connectivity index is 1.49. The Hall–Kier alpha value is -2.37. The first-order chi connectivity index (χ1) is 14.0. The summed E-state index contributed by atoms with van der Waals surface area (Å²) in [5.41, 5.74) is 3.89. The van der Waals surface area contributed by atoms with E-state index >= 15 is 0 Å². The second-order valence-electron chi connectivity index (χ2n) is 6.20. The molecule has 1 N–H and O–H groups in total. The topological polar surface area (TPSA) is 42.0 Å². The van der Waals surface area contributed by atoms with Gasteiger partial charge in [-0.05, 0) is 42.5 Å². The third-order valence-corrected chi connectivity index (χ3v) is 5.90. The SMILES string of the molecule is O=C(Nc1ccc(-c2csc(-c3ccc(Cl)cc3)n2)cc1)c1ccc(Cl)cc1Cl.